The van der Waals surface area contributed by atoms with E-state index in [1.54, 1.807) is 7.11 Å². The predicted octanol–water partition coefficient (Wildman–Crippen LogP) is -2.10. The molecule has 0 aromatic rings. The topological polar surface area (TPSA) is 103 Å². The normalized spacial score (nSPS) is 25.1. The first-order valence-corrected chi connectivity index (χ1v) is 4.59. The Kier molecular flexibility index (Phi) is 4.47. The van der Waals surface area contributed by atoms with E-state index in [9.17, 15) is 9.59 Å². The maximum Gasteiger partial charge on any atom is 0.260 e. The Morgan fingerprint density at radius 3 is 2.87 bits per heavy atom. The highest BCUT2D eigenvalue weighted by atomic mass is 16.7. The van der Waals surface area contributed by atoms with Gasteiger partial charge < -0.3 is 15.8 Å². The molecule has 1 saturated heterocycles. The van der Waals surface area contributed by atoms with Gasteiger partial charge in [0.05, 0.1) is 12.1 Å². The van der Waals surface area contributed by atoms with Crippen LogP contribution in [0.2, 0.25) is 0 Å². The summed E-state index contributed by atoms with van der Waals surface area (Å²) < 4.78 is 5.08. The zero-order chi connectivity index (χ0) is 11.3. The molecular formula is C8H15N3O4. The molecule has 2 amide bonds. The molecule has 0 aromatic heterocycles. The van der Waals surface area contributed by atoms with Gasteiger partial charge in [0.2, 0.25) is 5.91 Å². The van der Waals surface area contributed by atoms with E-state index in [-0.39, 0.29) is 24.7 Å². The van der Waals surface area contributed by atoms with Gasteiger partial charge in [0.1, 0.15) is 0 Å². The van der Waals surface area contributed by atoms with E-state index in [4.69, 9.17) is 10.5 Å². The number of ether oxygens (including phenoxy) is 1. The maximum absolute atomic E-state index is 11.4. The van der Waals surface area contributed by atoms with Crippen molar-refractivity contribution < 1.29 is 19.2 Å². The molecule has 0 bridgehead atoms. The van der Waals surface area contributed by atoms with Gasteiger partial charge in [0.15, 0.2) is 6.61 Å². The first kappa shape index (κ1) is 11.9. The SMILES string of the molecule is COC1CNC(C(=O)NOCC(N)=O)C1. The molecule has 1 fully saturated rings. The van der Waals surface area contributed by atoms with Crippen LogP contribution in [0.4, 0.5) is 0 Å². The number of rotatable bonds is 5. The summed E-state index contributed by atoms with van der Waals surface area (Å²) >= 11 is 0. The van der Waals surface area contributed by atoms with Crippen molar-refractivity contribution in [3.8, 4) is 0 Å². The highest BCUT2D eigenvalue weighted by Crippen LogP contribution is 2.09. The summed E-state index contributed by atoms with van der Waals surface area (Å²) in [4.78, 5) is 26.3. The number of amides is 2. The summed E-state index contributed by atoms with van der Waals surface area (Å²) in [5, 5.41) is 2.96. The van der Waals surface area contributed by atoms with E-state index in [2.05, 4.69) is 15.6 Å². The number of methoxy groups -OCH3 is 1. The molecule has 7 heteroatoms. The molecule has 0 aliphatic carbocycles. The van der Waals surface area contributed by atoms with Gasteiger partial charge in [0, 0.05) is 13.7 Å². The summed E-state index contributed by atoms with van der Waals surface area (Å²) in [5.74, 6) is -0.958. The van der Waals surface area contributed by atoms with Gasteiger partial charge in [-0.2, -0.15) is 0 Å². The summed E-state index contributed by atoms with van der Waals surface area (Å²) in [7, 11) is 1.59. The van der Waals surface area contributed by atoms with Crippen molar-refractivity contribution in [1.82, 2.24) is 10.8 Å². The molecule has 0 radical (unpaired) electrons. The second kappa shape index (κ2) is 5.64. The van der Waals surface area contributed by atoms with Gasteiger partial charge >= 0.3 is 0 Å². The lowest BCUT2D eigenvalue weighted by Crippen LogP contribution is -2.41. The van der Waals surface area contributed by atoms with Gasteiger partial charge in [-0.15, -0.1) is 0 Å². The molecule has 1 aliphatic rings. The fourth-order valence-electron chi connectivity index (χ4n) is 1.33. The smallest absolute Gasteiger partial charge is 0.260 e. The number of hydrogen-bond acceptors (Lipinski definition) is 5. The van der Waals surface area contributed by atoms with Crippen LogP contribution in [0.15, 0.2) is 0 Å². The number of nitrogens with one attached hydrogen (secondary N) is 2. The number of hydrogen-bond donors (Lipinski definition) is 3. The van der Waals surface area contributed by atoms with E-state index in [0.29, 0.717) is 13.0 Å². The molecule has 86 valence electrons. The number of carbonyl (C=O) groups excluding carboxylic acids is 2. The second-order valence-electron chi connectivity index (χ2n) is 3.28. The Morgan fingerprint density at radius 2 is 2.33 bits per heavy atom. The van der Waals surface area contributed by atoms with Gasteiger partial charge in [-0.25, -0.2) is 5.48 Å². The number of hydroxylamine groups is 1. The lowest BCUT2D eigenvalue weighted by molar-refractivity contribution is -0.139. The van der Waals surface area contributed by atoms with Crippen LogP contribution >= 0.6 is 0 Å². The predicted molar refractivity (Wildman–Crippen MR) is 50.5 cm³/mol. The van der Waals surface area contributed by atoms with Crippen LogP contribution in [0.1, 0.15) is 6.42 Å². The van der Waals surface area contributed by atoms with Crippen LogP contribution < -0.4 is 16.5 Å². The molecule has 1 aliphatic heterocycles. The zero-order valence-corrected chi connectivity index (χ0v) is 8.49. The quantitative estimate of drug-likeness (QED) is 0.458. The van der Waals surface area contributed by atoms with E-state index in [1.807, 2.05) is 0 Å². The monoisotopic (exact) mass is 217 g/mol. The van der Waals surface area contributed by atoms with E-state index in [1.165, 1.54) is 0 Å². The van der Waals surface area contributed by atoms with Gasteiger partial charge in [-0.05, 0) is 6.42 Å². The van der Waals surface area contributed by atoms with E-state index in [0.717, 1.165) is 0 Å². The Labute approximate surface area is 87.2 Å². The van der Waals surface area contributed by atoms with Gasteiger partial charge in [-0.3, -0.25) is 14.4 Å². The van der Waals surface area contributed by atoms with Crippen LogP contribution in [0.3, 0.4) is 0 Å². The molecule has 1 rings (SSSR count). The molecule has 1 heterocycles. The minimum atomic E-state index is -0.635. The molecule has 0 aromatic carbocycles. The van der Waals surface area contributed by atoms with Crippen LogP contribution in [0, 0.1) is 0 Å². The number of nitrogens with two attached hydrogens (primary N) is 1. The molecule has 4 N–H and O–H groups in total. The third-order valence-electron chi connectivity index (χ3n) is 2.13. The maximum atomic E-state index is 11.4. The summed E-state index contributed by atoms with van der Waals surface area (Å²) in [6.07, 6.45) is 0.624. The fraction of sp³-hybridized carbons (Fsp3) is 0.750. The molecule has 2 unspecified atom stereocenters. The second-order valence-corrected chi connectivity index (χ2v) is 3.28. The molecular weight excluding hydrogens is 202 g/mol. The zero-order valence-electron chi connectivity index (χ0n) is 8.49. The van der Waals surface area contributed by atoms with Crippen molar-refractivity contribution >= 4 is 11.8 Å². The summed E-state index contributed by atoms with van der Waals surface area (Å²) in [6.45, 7) is 0.302. The summed E-state index contributed by atoms with van der Waals surface area (Å²) in [5.41, 5.74) is 6.97. The standard InChI is InChI=1S/C8H15N3O4/c1-14-5-2-6(10-3-5)8(13)11-15-4-7(9)12/h5-6,10H,2-4H2,1H3,(H2,9,12)(H,11,13). The van der Waals surface area contributed by atoms with Crippen LogP contribution in [0.25, 0.3) is 0 Å². The third kappa shape index (κ3) is 3.82. The van der Waals surface area contributed by atoms with Crippen molar-refractivity contribution in [2.45, 2.75) is 18.6 Å². The fourth-order valence-corrected chi connectivity index (χ4v) is 1.33. The Balaban J connectivity index is 2.20. The van der Waals surface area contributed by atoms with Crippen molar-refractivity contribution in [2.75, 3.05) is 20.3 Å². The van der Waals surface area contributed by atoms with Crippen molar-refractivity contribution in [3.63, 3.8) is 0 Å². The number of primary amides is 1. The van der Waals surface area contributed by atoms with Crippen LogP contribution in [-0.2, 0) is 19.2 Å². The van der Waals surface area contributed by atoms with Gasteiger partial charge in [0.25, 0.3) is 5.91 Å². The lowest BCUT2D eigenvalue weighted by atomic mass is 10.2. The van der Waals surface area contributed by atoms with Gasteiger partial charge in [-0.1, -0.05) is 0 Å². The number of carbonyl (C=O) groups is 2. The van der Waals surface area contributed by atoms with Crippen molar-refractivity contribution in [1.29, 1.82) is 0 Å². The lowest BCUT2D eigenvalue weighted by Gasteiger charge is -2.10. The van der Waals surface area contributed by atoms with Crippen LogP contribution in [-0.4, -0.2) is 44.2 Å². The minimum absolute atomic E-state index is 0.0388. The average molecular weight is 217 g/mol. The Hall–Kier alpha value is -1.18. The highest BCUT2D eigenvalue weighted by molar-refractivity contribution is 5.81. The molecule has 15 heavy (non-hydrogen) atoms. The molecule has 0 spiro atoms. The van der Waals surface area contributed by atoms with E-state index >= 15 is 0 Å². The van der Waals surface area contributed by atoms with Crippen molar-refractivity contribution in [2.24, 2.45) is 5.73 Å². The molecule has 2 atom stereocenters. The molecule has 7 nitrogen and oxygen atoms in total. The van der Waals surface area contributed by atoms with E-state index < -0.39 is 5.91 Å². The minimum Gasteiger partial charge on any atom is -0.380 e. The average Bonchev–Trinajstić information content (AvgIpc) is 2.65. The third-order valence-corrected chi connectivity index (χ3v) is 2.13. The Bertz CT molecular complexity index is 246. The largest absolute Gasteiger partial charge is 0.380 e. The molecule has 0 saturated carbocycles. The highest BCUT2D eigenvalue weighted by Gasteiger charge is 2.29. The first-order valence-electron chi connectivity index (χ1n) is 4.59. The summed E-state index contributed by atoms with van der Waals surface area (Å²) in [6, 6.07) is -0.345. The first-order chi connectivity index (χ1) is 7.13. The van der Waals surface area contributed by atoms with Crippen LogP contribution in [0.5, 0.6) is 0 Å². The Morgan fingerprint density at radius 1 is 1.60 bits per heavy atom. The van der Waals surface area contributed by atoms with Crippen molar-refractivity contribution in [3.05, 3.63) is 0 Å².